The third-order valence-corrected chi connectivity index (χ3v) is 5.34. The van der Waals surface area contributed by atoms with Crippen LogP contribution in [0.3, 0.4) is 0 Å². The van der Waals surface area contributed by atoms with Crippen LogP contribution in [0.1, 0.15) is 50.5 Å². The Bertz CT molecular complexity index is 587. The number of fused-ring (bicyclic) bond motifs is 1. The summed E-state index contributed by atoms with van der Waals surface area (Å²) in [6.07, 6.45) is 5.05. The van der Waals surface area contributed by atoms with Crippen LogP contribution in [0.4, 0.5) is 0 Å². The zero-order chi connectivity index (χ0) is 14.7. The lowest BCUT2D eigenvalue weighted by Gasteiger charge is -2.23. The second-order valence-electron chi connectivity index (χ2n) is 6.12. The van der Waals surface area contributed by atoms with Crippen molar-refractivity contribution in [2.75, 3.05) is 13.2 Å². The minimum atomic E-state index is 0.490. The molecular weight excluding hydrogens is 280 g/mol. The van der Waals surface area contributed by atoms with Crippen LogP contribution in [0.25, 0.3) is 10.2 Å². The summed E-state index contributed by atoms with van der Waals surface area (Å²) < 4.78 is 7.15. The first-order chi connectivity index (χ1) is 10.2. The molecule has 0 saturated carbocycles. The minimum Gasteiger partial charge on any atom is -0.493 e. The maximum Gasteiger partial charge on any atom is 0.120 e. The highest BCUT2D eigenvalue weighted by molar-refractivity contribution is 7.18. The molecule has 1 fully saturated rings. The summed E-state index contributed by atoms with van der Waals surface area (Å²) in [5.74, 6) is 1.46. The van der Waals surface area contributed by atoms with Crippen LogP contribution in [0, 0.1) is 0 Å². The van der Waals surface area contributed by atoms with Gasteiger partial charge in [-0.1, -0.05) is 20.3 Å². The molecule has 3 rings (SSSR count). The number of thiazole rings is 1. The van der Waals surface area contributed by atoms with E-state index in [2.05, 4.69) is 36.3 Å². The topological polar surface area (TPSA) is 34.1 Å². The molecular formula is C17H24N2OS. The van der Waals surface area contributed by atoms with Crippen molar-refractivity contribution < 1.29 is 4.74 Å². The van der Waals surface area contributed by atoms with E-state index < -0.39 is 0 Å². The van der Waals surface area contributed by atoms with E-state index in [9.17, 15) is 0 Å². The fourth-order valence-electron chi connectivity index (χ4n) is 2.75. The van der Waals surface area contributed by atoms with E-state index in [0.29, 0.717) is 12.0 Å². The highest BCUT2D eigenvalue weighted by Gasteiger charge is 2.12. The summed E-state index contributed by atoms with van der Waals surface area (Å²) in [5, 5.41) is 4.77. The van der Waals surface area contributed by atoms with Crippen LogP contribution in [0.5, 0.6) is 5.75 Å². The molecule has 1 aromatic heterocycles. The summed E-state index contributed by atoms with van der Waals surface area (Å²) in [4.78, 5) is 4.66. The standard InChI is InChI=1S/C17H24N2OS/c1-12(2)17-19-15-7-6-14(11-16(15)21-17)20-10-8-13-5-3-4-9-18-13/h6-7,11-13,18H,3-5,8-10H2,1-2H3. The zero-order valence-electron chi connectivity index (χ0n) is 12.9. The van der Waals surface area contributed by atoms with Gasteiger partial charge in [-0.25, -0.2) is 4.98 Å². The lowest BCUT2D eigenvalue weighted by molar-refractivity contribution is 0.268. The molecule has 1 saturated heterocycles. The molecule has 1 aliphatic heterocycles. The van der Waals surface area contributed by atoms with Crippen LogP contribution in [-0.4, -0.2) is 24.2 Å². The predicted molar refractivity (Wildman–Crippen MR) is 89.5 cm³/mol. The average molecular weight is 304 g/mol. The molecule has 1 N–H and O–H groups in total. The van der Waals surface area contributed by atoms with Crippen molar-refractivity contribution in [3.63, 3.8) is 0 Å². The van der Waals surface area contributed by atoms with Gasteiger partial charge < -0.3 is 10.1 Å². The number of hydrogen-bond donors (Lipinski definition) is 1. The Morgan fingerprint density at radius 3 is 3.05 bits per heavy atom. The molecule has 0 amide bonds. The van der Waals surface area contributed by atoms with E-state index in [1.54, 1.807) is 11.3 Å². The van der Waals surface area contributed by atoms with E-state index in [1.807, 2.05) is 6.07 Å². The molecule has 0 bridgehead atoms. The Morgan fingerprint density at radius 1 is 1.38 bits per heavy atom. The van der Waals surface area contributed by atoms with Gasteiger partial charge in [-0.15, -0.1) is 11.3 Å². The van der Waals surface area contributed by atoms with E-state index in [4.69, 9.17) is 4.74 Å². The maximum absolute atomic E-state index is 5.93. The van der Waals surface area contributed by atoms with Gasteiger partial charge in [-0.2, -0.15) is 0 Å². The number of hydrogen-bond acceptors (Lipinski definition) is 4. The van der Waals surface area contributed by atoms with Gasteiger partial charge in [0, 0.05) is 12.0 Å². The quantitative estimate of drug-likeness (QED) is 0.892. The Balaban J connectivity index is 1.58. The van der Waals surface area contributed by atoms with Gasteiger partial charge in [0.25, 0.3) is 0 Å². The molecule has 0 radical (unpaired) electrons. The predicted octanol–water partition coefficient (Wildman–Crippen LogP) is 4.33. The molecule has 1 unspecified atom stereocenters. The number of piperidine rings is 1. The molecule has 1 atom stereocenters. The van der Waals surface area contributed by atoms with E-state index >= 15 is 0 Å². The number of rotatable bonds is 5. The summed E-state index contributed by atoms with van der Waals surface area (Å²) >= 11 is 1.78. The van der Waals surface area contributed by atoms with Gasteiger partial charge in [0.15, 0.2) is 0 Å². The van der Waals surface area contributed by atoms with E-state index in [0.717, 1.165) is 30.8 Å². The lowest BCUT2D eigenvalue weighted by Crippen LogP contribution is -2.35. The third-order valence-electron chi connectivity index (χ3n) is 4.02. The van der Waals surface area contributed by atoms with Crippen molar-refractivity contribution in [2.24, 2.45) is 0 Å². The minimum absolute atomic E-state index is 0.490. The fourth-order valence-corrected chi connectivity index (χ4v) is 3.75. The number of nitrogens with one attached hydrogen (secondary N) is 1. The second kappa shape index (κ2) is 6.75. The highest BCUT2D eigenvalue weighted by atomic mass is 32.1. The third kappa shape index (κ3) is 3.74. The van der Waals surface area contributed by atoms with Crippen molar-refractivity contribution in [3.8, 4) is 5.75 Å². The first kappa shape index (κ1) is 14.8. The molecule has 4 heteroatoms. The van der Waals surface area contributed by atoms with Crippen molar-refractivity contribution >= 4 is 21.6 Å². The average Bonchev–Trinajstić information content (AvgIpc) is 2.92. The van der Waals surface area contributed by atoms with Crippen molar-refractivity contribution in [3.05, 3.63) is 23.2 Å². The van der Waals surface area contributed by atoms with Gasteiger partial charge in [0.05, 0.1) is 21.8 Å². The van der Waals surface area contributed by atoms with Crippen molar-refractivity contribution in [1.29, 1.82) is 0 Å². The monoisotopic (exact) mass is 304 g/mol. The van der Waals surface area contributed by atoms with Crippen LogP contribution in [-0.2, 0) is 0 Å². The van der Waals surface area contributed by atoms with Crippen LogP contribution >= 0.6 is 11.3 Å². The van der Waals surface area contributed by atoms with E-state index in [1.165, 1.54) is 29.0 Å². The summed E-state index contributed by atoms with van der Waals surface area (Å²) in [6.45, 7) is 6.33. The molecule has 1 aliphatic rings. The van der Waals surface area contributed by atoms with Crippen molar-refractivity contribution in [1.82, 2.24) is 10.3 Å². The number of benzene rings is 1. The largest absolute Gasteiger partial charge is 0.493 e. The van der Waals surface area contributed by atoms with Gasteiger partial charge in [-0.05, 0) is 44.0 Å². The fraction of sp³-hybridized carbons (Fsp3) is 0.588. The molecule has 21 heavy (non-hydrogen) atoms. The summed E-state index contributed by atoms with van der Waals surface area (Å²) in [5.41, 5.74) is 1.09. The Morgan fingerprint density at radius 2 is 2.29 bits per heavy atom. The van der Waals surface area contributed by atoms with Crippen molar-refractivity contribution in [2.45, 2.75) is 51.5 Å². The zero-order valence-corrected chi connectivity index (χ0v) is 13.7. The summed E-state index contributed by atoms with van der Waals surface area (Å²) in [6, 6.07) is 6.89. The second-order valence-corrected chi connectivity index (χ2v) is 7.18. The molecule has 2 heterocycles. The molecule has 114 valence electrons. The van der Waals surface area contributed by atoms with E-state index in [-0.39, 0.29) is 0 Å². The van der Waals surface area contributed by atoms with Gasteiger partial charge in [-0.3, -0.25) is 0 Å². The SMILES string of the molecule is CC(C)c1nc2ccc(OCCC3CCCCN3)cc2s1. The van der Waals surface area contributed by atoms with Gasteiger partial charge >= 0.3 is 0 Å². The van der Waals surface area contributed by atoms with Crippen LogP contribution < -0.4 is 10.1 Å². The first-order valence-corrected chi connectivity index (χ1v) is 8.80. The lowest BCUT2D eigenvalue weighted by atomic mass is 10.0. The van der Waals surface area contributed by atoms with Crippen LogP contribution in [0.2, 0.25) is 0 Å². The smallest absolute Gasteiger partial charge is 0.120 e. The molecule has 3 nitrogen and oxygen atoms in total. The molecule has 0 spiro atoms. The first-order valence-electron chi connectivity index (χ1n) is 7.99. The Hall–Kier alpha value is -1.13. The number of nitrogens with zero attached hydrogens (tertiary/aromatic N) is 1. The normalized spacial score (nSPS) is 19.3. The Kier molecular flexibility index (Phi) is 4.76. The number of aromatic nitrogens is 1. The number of ether oxygens (including phenoxy) is 1. The Labute approximate surface area is 130 Å². The molecule has 2 aromatic rings. The molecule has 0 aliphatic carbocycles. The van der Waals surface area contributed by atoms with Gasteiger partial charge in [0.2, 0.25) is 0 Å². The highest BCUT2D eigenvalue weighted by Crippen LogP contribution is 2.30. The molecule has 1 aromatic carbocycles. The van der Waals surface area contributed by atoms with Crippen LogP contribution in [0.15, 0.2) is 18.2 Å². The summed E-state index contributed by atoms with van der Waals surface area (Å²) in [7, 11) is 0. The maximum atomic E-state index is 5.93. The van der Waals surface area contributed by atoms with Gasteiger partial charge in [0.1, 0.15) is 5.75 Å².